The van der Waals surface area contributed by atoms with Crippen LogP contribution in [0.5, 0.6) is 0 Å². The molecule has 0 N–H and O–H groups in total. The quantitative estimate of drug-likeness (QED) is 0.734. The lowest BCUT2D eigenvalue weighted by Gasteiger charge is -2.21. The van der Waals surface area contributed by atoms with Gasteiger partial charge in [0.05, 0.1) is 29.1 Å². The van der Waals surface area contributed by atoms with Crippen LogP contribution in [-0.2, 0) is 0 Å². The number of amides is 1. The lowest BCUT2D eigenvalue weighted by atomic mass is 10.1. The molecule has 28 heavy (non-hydrogen) atoms. The number of benzene rings is 1. The number of carbonyl (C=O) groups excluding carboxylic acids is 1. The van der Waals surface area contributed by atoms with Gasteiger partial charge in [-0.05, 0) is 49.8 Å². The number of aryl methyl sites for hydroxylation is 1. The number of alkyl halides is 3. The predicted molar refractivity (Wildman–Crippen MR) is 97.8 cm³/mol. The van der Waals surface area contributed by atoms with E-state index in [0.717, 1.165) is 29.8 Å². The summed E-state index contributed by atoms with van der Waals surface area (Å²) in [6.45, 7) is 2.29. The van der Waals surface area contributed by atoms with Crippen molar-refractivity contribution >= 4 is 17.5 Å². The zero-order chi connectivity index (χ0) is 19.8. The molecule has 0 bridgehead atoms. The number of aromatic nitrogens is 2. The Labute approximate surface area is 165 Å². The first kappa shape index (κ1) is 18.0. The number of rotatable bonds is 3. The van der Waals surface area contributed by atoms with Gasteiger partial charge in [0, 0.05) is 23.5 Å². The lowest BCUT2D eigenvalue weighted by Crippen LogP contribution is -2.35. The van der Waals surface area contributed by atoms with Crippen LogP contribution in [0.15, 0.2) is 24.4 Å². The minimum absolute atomic E-state index is 0.206. The van der Waals surface area contributed by atoms with Crippen molar-refractivity contribution in [2.75, 3.05) is 6.54 Å². The van der Waals surface area contributed by atoms with E-state index < -0.39 is 24.1 Å². The van der Waals surface area contributed by atoms with E-state index in [1.54, 1.807) is 10.7 Å². The summed E-state index contributed by atoms with van der Waals surface area (Å²) in [6.07, 6.45) is -0.425. The molecule has 1 amide bonds. The molecule has 0 spiro atoms. The summed E-state index contributed by atoms with van der Waals surface area (Å²) in [5.41, 5.74) is 2.91. The maximum atomic E-state index is 13.2. The second kappa shape index (κ2) is 5.99. The molecule has 2 aromatic rings. The van der Waals surface area contributed by atoms with Crippen LogP contribution in [0.25, 0.3) is 5.69 Å². The highest BCUT2D eigenvalue weighted by Gasteiger charge is 2.69. The van der Waals surface area contributed by atoms with Crippen LogP contribution in [-0.4, -0.2) is 39.4 Å². The van der Waals surface area contributed by atoms with Gasteiger partial charge < -0.3 is 4.90 Å². The molecular weight excluding hydrogens is 391 g/mol. The van der Waals surface area contributed by atoms with Crippen molar-refractivity contribution in [3.63, 3.8) is 0 Å². The largest absolute Gasteiger partial charge is 0.394 e. The summed E-state index contributed by atoms with van der Waals surface area (Å²) < 4.78 is 41.2. The van der Waals surface area contributed by atoms with E-state index in [2.05, 4.69) is 5.10 Å². The van der Waals surface area contributed by atoms with E-state index >= 15 is 0 Å². The van der Waals surface area contributed by atoms with Crippen molar-refractivity contribution in [1.82, 2.24) is 14.7 Å². The summed E-state index contributed by atoms with van der Waals surface area (Å²) in [6, 6.07) is 4.87. The minimum Gasteiger partial charge on any atom is -0.335 e. The van der Waals surface area contributed by atoms with Crippen molar-refractivity contribution in [2.45, 2.75) is 44.3 Å². The molecule has 1 saturated heterocycles. The molecule has 148 valence electrons. The molecule has 3 aliphatic rings. The van der Waals surface area contributed by atoms with Crippen LogP contribution in [0, 0.1) is 18.8 Å². The molecule has 2 saturated carbocycles. The fraction of sp³-hybridized carbons (Fsp3) is 0.500. The average Bonchev–Trinajstić information content (AvgIpc) is 3.53. The highest BCUT2D eigenvalue weighted by Crippen LogP contribution is 2.58. The number of carbonyl (C=O) groups is 1. The van der Waals surface area contributed by atoms with Crippen molar-refractivity contribution in [3.05, 3.63) is 46.2 Å². The maximum Gasteiger partial charge on any atom is 0.394 e. The third-order valence-electron chi connectivity index (χ3n) is 6.23. The topological polar surface area (TPSA) is 38.1 Å². The van der Waals surface area contributed by atoms with E-state index in [9.17, 15) is 18.0 Å². The molecule has 5 rings (SSSR count). The van der Waals surface area contributed by atoms with E-state index in [4.69, 9.17) is 11.6 Å². The van der Waals surface area contributed by atoms with Crippen LogP contribution in [0.3, 0.4) is 0 Å². The van der Waals surface area contributed by atoms with Crippen molar-refractivity contribution < 1.29 is 18.0 Å². The molecule has 3 fully saturated rings. The zero-order valence-corrected chi connectivity index (χ0v) is 16.0. The van der Waals surface area contributed by atoms with E-state index in [1.165, 1.54) is 11.1 Å². The molecule has 1 aromatic heterocycles. The number of piperidine rings is 1. The van der Waals surface area contributed by atoms with Crippen LogP contribution in [0.1, 0.15) is 46.8 Å². The van der Waals surface area contributed by atoms with Crippen LogP contribution in [0.2, 0.25) is 5.02 Å². The summed E-state index contributed by atoms with van der Waals surface area (Å²) in [4.78, 5) is 14.6. The number of fused-ring (bicyclic) bond motifs is 1. The maximum absolute atomic E-state index is 13.2. The number of likely N-dealkylation sites (tertiary alicyclic amines) is 1. The Morgan fingerprint density at radius 2 is 2.00 bits per heavy atom. The molecule has 3 atom stereocenters. The average molecular weight is 410 g/mol. The Morgan fingerprint density at radius 1 is 1.25 bits per heavy atom. The monoisotopic (exact) mass is 409 g/mol. The smallest absolute Gasteiger partial charge is 0.335 e. The van der Waals surface area contributed by atoms with Crippen LogP contribution < -0.4 is 0 Å². The van der Waals surface area contributed by atoms with Gasteiger partial charge in [-0.2, -0.15) is 18.3 Å². The van der Waals surface area contributed by atoms with Crippen molar-refractivity contribution in [1.29, 1.82) is 0 Å². The summed E-state index contributed by atoms with van der Waals surface area (Å²) in [7, 11) is 0. The Morgan fingerprint density at radius 3 is 2.61 bits per heavy atom. The standard InChI is InChI=1S/C20H19ClF3N3O/c1-10-2-5-12(8-15(10)21)27-17(11-3-4-11)14(9-25-27)19(28)26-7-6-13-16(18(13)26)20(22,23)24/h2,5,8-9,11,13,16,18H,3-4,6-7H2,1H3/t13-,16+,18+/m0/s1. The zero-order valence-electron chi connectivity index (χ0n) is 15.2. The summed E-state index contributed by atoms with van der Waals surface area (Å²) >= 11 is 6.24. The predicted octanol–water partition coefficient (Wildman–Crippen LogP) is 4.73. The number of hydrogen-bond donors (Lipinski definition) is 0. The van der Waals surface area contributed by atoms with Crippen LogP contribution >= 0.6 is 11.6 Å². The SMILES string of the molecule is Cc1ccc(-n2ncc(C(=O)N3CC[C@@H]4[C@@H]3[C@@H]4C(F)(F)F)c2C2CC2)cc1Cl. The van der Waals surface area contributed by atoms with Crippen molar-refractivity contribution in [3.8, 4) is 5.69 Å². The molecule has 0 unspecified atom stereocenters. The second-order valence-corrected chi connectivity index (χ2v) is 8.48. The Hall–Kier alpha value is -2.02. The molecule has 4 nitrogen and oxygen atoms in total. The van der Waals surface area contributed by atoms with Crippen molar-refractivity contribution in [2.24, 2.45) is 11.8 Å². The molecule has 2 heterocycles. The highest BCUT2D eigenvalue weighted by molar-refractivity contribution is 6.31. The van der Waals surface area contributed by atoms with Gasteiger partial charge in [0.2, 0.25) is 0 Å². The Kier molecular flexibility index (Phi) is 3.86. The normalized spacial score (nSPS) is 26.5. The van der Waals surface area contributed by atoms with Gasteiger partial charge in [-0.3, -0.25) is 4.79 Å². The highest BCUT2D eigenvalue weighted by atomic mass is 35.5. The number of hydrogen-bond acceptors (Lipinski definition) is 2. The molecule has 1 aromatic carbocycles. The van der Waals surface area contributed by atoms with Gasteiger partial charge in [-0.1, -0.05) is 17.7 Å². The number of halogens is 4. The Bertz CT molecular complexity index is 966. The molecule has 1 aliphatic heterocycles. The fourth-order valence-corrected chi connectivity index (χ4v) is 4.76. The Balaban J connectivity index is 1.49. The molecule has 8 heteroatoms. The molecule has 0 radical (unpaired) electrons. The van der Waals surface area contributed by atoms with Gasteiger partial charge >= 0.3 is 6.18 Å². The second-order valence-electron chi connectivity index (χ2n) is 8.07. The third-order valence-corrected chi connectivity index (χ3v) is 6.64. The van der Waals surface area contributed by atoms with E-state index in [1.807, 2.05) is 19.1 Å². The first-order valence-electron chi connectivity index (χ1n) is 9.49. The lowest BCUT2D eigenvalue weighted by molar-refractivity contribution is -0.156. The van der Waals surface area contributed by atoms with Gasteiger partial charge in [0.25, 0.3) is 5.91 Å². The summed E-state index contributed by atoms with van der Waals surface area (Å²) in [5.74, 6) is -1.94. The number of nitrogens with zero attached hydrogens (tertiary/aromatic N) is 3. The fourth-order valence-electron chi connectivity index (χ4n) is 4.59. The molecule has 2 aliphatic carbocycles. The van der Waals surface area contributed by atoms with Gasteiger partial charge in [0.15, 0.2) is 0 Å². The minimum atomic E-state index is -4.24. The van der Waals surface area contributed by atoms with E-state index in [-0.39, 0.29) is 11.8 Å². The van der Waals surface area contributed by atoms with Crippen LogP contribution in [0.4, 0.5) is 13.2 Å². The van der Waals surface area contributed by atoms with Gasteiger partial charge in [-0.15, -0.1) is 0 Å². The third kappa shape index (κ3) is 2.74. The first-order chi connectivity index (χ1) is 13.3. The van der Waals surface area contributed by atoms with E-state index in [0.29, 0.717) is 23.6 Å². The first-order valence-corrected chi connectivity index (χ1v) is 9.87. The van der Waals surface area contributed by atoms with Gasteiger partial charge in [-0.25, -0.2) is 4.68 Å². The van der Waals surface area contributed by atoms with Gasteiger partial charge in [0.1, 0.15) is 0 Å². The molecular formula is C20H19ClF3N3O. The summed E-state index contributed by atoms with van der Waals surface area (Å²) in [5, 5.41) is 5.01.